The maximum absolute atomic E-state index is 13.8. The van der Waals surface area contributed by atoms with Crippen molar-refractivity contribution in [1.82, 2.24) is 19.8 Å². The van der Waals surface area contributed by atoms with Crippen LogP contribution >= 0.6 is 23.2 Å². The summed E-state index contributed by atoms with van der Waals surface area (Å²) < 4.78 is 1.56. The molecule has 186 valence electrons. The number of carbonyl (C=O) groups excluding carboxylic acids is 2. The first-order valence-electron chi connectivity index (χ1n) is 11.8. The van der Waals surface area contributed by atoms with Crippen LogP contribution in [0.3, 0.4) is 0 Å². The summed E-state index contributed by atoms with van der Waals surface area (Å²) in [5, 5.41) is 6.65. The van der Waals surface area contributed by atoms with Crippen LogP contribution in [-0.2, 0) is 13.0 Å². The van der Waals surface area contributed by atoms with E-state index in [1.165, 1.54) is 0 Å². The van der Waals surface area contributed by atoms with E-state index in [1.807, 2.05) is 6.92 Å². The molecule has 8 nitrogen and oxygen atoms in total. The Labute approximate surface area is 218 Å². The van der Waals surface area contributed by atoms with Crippen LogP contribution in [0.25, 0.3) is 5.69 Å². The van der Waals surface area contributed by atoms with Gasteiger partial charge in [-0.25, -0.2) is 9.55 Å². The third-order valence-electron chi connectivity index (χ3n) is 6.57. The molecule has 2 N–H and O–H groups in total. The van der Waals surface area contributed by atoms with E-state index in [2.05, 4.69) is 10.6 Å². The number of anilines is 1. The molecule has 1 aliphatic carbocycles. The van der Waals surface area contributed by atoms with E-state index in [-0.39, 0.29) is 36.0 Å². The zero-order valence-corrected chi connectivity index (χ0v) is 21.4. The predicted molar refractivity (Wildman–Crippen MR) is 139 cm³/mol. The zero-order chi connectivity index (χ0) is 25.6. The molecular weight excluding hydrogens is 501 g/mol. The third kappa shape index (κ3) is 4.58. The molecule has 3 aromatic rings. The minimum Gasteiger partial charge on any atom is -0.355 e. The molecule has 1 saturated carbocycles. The van der Waals surface area contributed by atoms with Crippen LogP contribution in [0.4, 0.5) is 5.95 Å². The summed E-state index contributed by atoms with van der Waals surface area (Å²) in [4.78, 5) is 45.5. The monoisotopic (exact) mass is 525 g/mol. The number of nitrogens with zero attached hydrogens (tertiary/aromatic N) is 3. The van der Waals surface area contributed by atoms with Gasteiger partial charge in [-0.05, 0) is 68.7 Å². The maximum atomic E-state index is 13.8. The molecule has 0 spiro atoms. The quantitative estimate of drug-likeness (QED) is 0.523. The lowest BCUT2D eigenvalue weighted by Crippen LogP contribution is -2.46. The fraction of sp³-hybridized carbons (Fsp3) is 0.308. The summed E-state index contributed by atoms with van der Waals surface area (Å²) in [6.45, 7) is 2.12. The lowest BCUT2D eigenvalue weighted by molar-refractivity contribution is 0.0653. The largest absolute Gasteiger partial charge is 0.355 e. The molecule has 2 amide bonds. The molecule has 1 aliphatic heterocycles. The van der Waals surface area contributed by atoms with E-state index in [0.717, 1.165) is 12.8 Å². The number of carbonyl (C=O) groups is 2. The Kier molecular flexibility index (Phi) is 6.49. The third-order valence-corrected chi connectivity index (χ3v) is 7.31. The van der Waals surface area contributed by atoms with Gasteiger partial charge in [0.1, 0.15) is 0 Å². The Morgan fingerprint density at radius 1 is 1.03 bits per heavy atom. The zero-order valence-electron chi connectivity index (χ0n) is 19.8. The Morgan fingerprint density at radius 2 is 1.72 bits per heavy atom. The van der Waals surface area contributed by atoms with Crippen LogP contribution in [0.15, 0.2) is 47.3 Å². The SMILES string of the molecule is CNC(=O)c1ccc(-n2c(NC3CC3)nc3c(c2=O)C[C@@H](C)N(C(=O)c2ccc(Cl)c(Cl)c2)C3)cc1. The van der Waals surface area contributed by atoms with Gasteiger partial charge in [-0.3, -0.25) is 14.4 Å². The van der Waals surface area contributed by atoms with Gasteiger partial charge in [-0.1, -0.05) is 23.2 Å². The normalized spacial score (nSPS) is 16.9. The van der Waals surface area contributed by atoms with Crippen LogP contribution in [0, 0.1) is 0 Å². The van der Waals surface area contributed by atoms with Gasteiger partial charge in [-0.2, -0.15) is 0 Å². The molecular formula is C26H25Cl2N5O3. The van der Waals surface area contributed by atoms with Crippen molar-refractivity contribution in [3.05, 3.63) is 85.2 Å². The topological polar surface area (TPSA) is 96.3 Å². The number of rotatable bonds is 5. The highest BCUT2D eigenvalue weighted by Crippen LogP contribution is 2.29. The van der Waals surface area contributed by atoms with Crippen LogP contribution in [0.2, 0.25) is 10.0 Å². The van der Waals surface area contributed by atoms with Gasteiger partial charge in [0.15, 0.2) is 0 Å². The highest BCUT2D eigenvalue weighted by molar-refractivity contribution is 6.42. The molecule has 2 aliphatic rings. The molecule has 0 unspecified atom stereocenters. The second-order valence-corrected chi connectivity index (χ2v) is 9.98. The maximum Gasteiger partial charge on any atom is 0.263 e. The summed E-state index contributed by atoms with van der Waals surface area (Å²) in [6, 6.07) is 11.7. The van der Waals surface area contributed by atoms with Crippen molar-refractivity contribution in [3.8, 4) is 5.69 Å². The van der Waals surface area contributed by atoms with E-state index >= 15 is 0 Å². The van der Waals surface area contributed by atoms with Gasteiger partial charge in [-0.15, -0.1) is 0 Å². The highest BCUT2D eigenvalue weighted by atomic mass is 35.5. The smallest absolute Gasteiger partial charge is 0.263 e. The lowest BCUT2D eigenvalue weighted by Gasteiger charge is -2.34. The Hall–Kier alpha value is -3.36. The second kappa shape index (κ2) is 9.59. The van der Waals surface area contributed by atoms with Crippen LogP contribution in [-0.4, -0.2) is 45.4 Å². The Bertz CT molecular complexity index is 1420. The molecule has 2 heterocycles. The number of benzene rings is 2. The molecule has 1 aromatic heterocycles. The fourth-order valence-corrected chi connectivity index (χ4v) is 4.68. The van der Waals surface area contributed by atoms with E-state index in [0.29, 0.717) is 50.5 Å². The van der Waals surface area contributed by atoms with Crippen molar-refractivity contribution >= 4 is 41.0 Å². The van der Waals surface area contributed by atoms with Crippen molar-refractivity contribution in [2.75, 3.05) is 12.4 Å². The van der Waals surface area contributed by atoms with Gasteiger partial charge < -0.3 is 15.5 Å². The van der Waals surface area contributed by atoms with Crippen LogP contribution in [0.1, 0.15) is 51.7 Å². The molecule has 1 atom stereocenters. The first-order chi connectivity index (χ1) is 17.3. The minimum absolute atomic E-state index is 0.177. The average Bonchev–Trinajstić information content (AvgIpc) is 3.69. The van der Waals surface area contributed by atoms with Gasteiger partial charge in [0.05, 0.1) is 28.0 Å². The molecule has 36 heavy (non-hydrogen) atoms. The van der Waals surface area contributed by atoms with E-state index in [4.69, 9.17) is 28.2 Å². The summed E-state index contributed by atoms with van der Waals surface area (Å²) in [5.41, 5.74) is 2.53. The highest BCUT2D eigenvalue weighted by Gasteiger charge is 2.33. The minimum atomic E-state index is -0.222. The number of nitrogens with one attached hydrogen (secondary N) is 2. The molecule has 10 heteroatoms. The number of fused-ring (bicyclic) bond motifs is 1. The van der Waals surface area contributed by atoms with Crippen molar-refractivity contribution < 1.29 is 9.59 Å². The van der Waals surface area contributed by atoms with Crippen molar-refractivity contribution in [2.24, 2.45) is 0 Å². The van der Waals surface area contributed by atoms with Gasteiger partial charge in [0, 0.05) is 35.8 Å². The molecule has 0 saturated heterocycles. The number of aromatic nitrogens is 2. The first kappa shape index (κ1) is 24.3. The fourth-order valence-electron chi connectivity index (χ4n) is 4.38. The van der Waals surface area contributed by atoms with Crippen LogP contribution < -0.4 is 16.2 Å². The first-order valence-corrected chi connectivity index (χ1v) is 12.5. The standard InChI is InChI=1S/C26H25Cl2N5O3/c1-14-11-19-22(13-32(14)24(35)16-5-10-20(27)21(28)12-16)31-26(30-17-6-7-17)33(25(19)36)18-8-3-15(4-9-18)23(34)29-2/h3-5,8-10,12,14,17H,6-7,11,13H2,1-2H3,(H,29,34)(H,30,31)/t14-/m1/s1. The van der Waals surface area contributed by atoms with Crippen LogP contribution in [0.5, 0.6) is 0 Å². The average molecular weight is 526 g/mol. The summed E-state index contributed by atoms with van der Waals surface area (Å²) in [6.07, 6.45) is 2.37. The van der Waals surface area contributed by atoms with E-state index < -0.39 is 0 Å². The van der Waals surface area contributed by atoms with Crippen molar-refractivity contribution in [3.63, 3.8) is 0 Å². The van der Waals surface area contributed by atoms with Gasteiger partial charge in [0.2, 0.25) is 5.95 Å². The number of hydrogen-bond donors (Lipinski definition) is 2. The molecule has 0 radical (unpaired) electrons. The second-order valence-electron chi connectivity index (χ2n) is 9.16. The van der Waals surface area contributed by atoms with Crippen molar-refractivity contribution in [2.45, 2.75) is 44.8 Å². The van der Waals surface area contributed by atoms with E-state index in [9.17, 15) is 14.4 Å². The summed E-state index contributed by atoms with van der Waals surface area (Å²) in [5.74, 6) is 0.0407. The molecule has 2 aromatic carbocycles. The Balaban J connectivity index is 1.53. The molecule has 1 fully saturated rings. The van der Waals surface area contributed by atoms with Gasteiger partial charge >= 0.3 is 0 Å². The van der Waals surface area contributed by atoms with E-state index in [1.54, 1.807) is 59.0 Å². The van der Waals surface area contributed by atoms with Crippen molar-refractivity contribution in [1.29, 1.82) is 0 Å². The summed E-state index contributed by atoms with van der Waals surface area (Å²) >= 11 is 12.1. The lowest BCUT2D eigenvalue weighted by atomic mass is 9.98. The Morgan fingerprint density at radius 3 is 2.36 bits per heavy atom. The predicted octanol–water partition coefficient (Wildman–Crippen LogP) is 4.06. The number of amides is 2. The number of hydrogen-bond acceptors (Lipinski definition) is 5. The summed E-state index contributed by atoms with van der Waals surface area (Å²) in [7, 11) is 1.57. The molecule has 5 rings (SSSR count). The van der Waals surface area contributed by atoms with Gasteiger partial charge in [0.25, 0.3) is 17.4 Å². The molecule has 0 bridgehead atoms. The number of halogens is 2.